The number of nitrogens with one attached hydrogen (secondary N) is 1. The van der Waals surface area contributed by atoms with Crippen LogP contribution in [-0.2, 0) is 6.42 Å². The molecule has 0 amide bonds. The summed E-state index contributed by atoms with van der Waals surface area (Å²) >= 11 is 0. The topological polar surface area (TPSA) is 21.3 Å². The first-order valence-electron chi connectivity index (χ1n) is 7.71. The van der Waals surface area contributed by atoms with E-state index in [-0.39, 0.29) is 0 Å². The van der Waals surface area contributed by atoms with Crippen LogP contribution in [0.2, 0.25) is 0 Å². The molecular formula is C17H25NO. The fraction of sp³-hybridized carbons (Fsp3) is 0.647. The molecule has 3 rings (SSSR count). The van der Waals surface area contributed by atoms with Gasteiger partial charge in [-0.05, 0) is 55.3 Å². The lowest BCUT2D eigenvalue weighted by atomic mass is 10.0. The van der Waals surface area contributed by atoms with E-state index in [1.807, 2.05) is 0 Å². The maximum atomic E-state index is 5.57. The molecule has 1 heterocycles. The highest BCUT2D eigenvalue weighted by Crippen LogP contribution is 2.31. The quantitative estimate of drug-likeness (QED) is 0.890. The van der Waals surface area contributed by atoms with Crippen LogP contribution in [0.5, 0.6) is 5.75 Å². The van der Waals surface area contributed by atoms with Gasteiger partial charge in [0, 0.05) is 12.5 Å². The minimum absolute atomic E-state index is 0.446. The van der Waals surface area contributed by atoms with E-state index in [1.165, 1.54) is 36.9 Å². The van der Waals surface area contributed by atoms with Crippen molar-refractivity contribution in [3.63, 3.8) is 0 Å². The molecule has 0 spiro atoms. The van der Waals surface area contributed by atoms with Gasteiger partial charge in [-0.1, -0.05) is 25.5 Å². The number of rotatable bonds is 4. The molecule has 1 aliphatic heterocycles. The molecule has 1 aromatic carbocycles. The van der Waals surface area contributed by atoms with E-state index in [0.717, 1.165) is 30.6 Å². The van der Waals surface area contributed by atoms with E-state index in [1.54, 1.807) is 0 Å². The lowest BCUT2D eigenvalue weighted by molar-refractivity contribution is 0.356. The summed E-state index contributed by atoms with van der Waals surface area (Å²) in [6.45, 7) is 6.67. The summed E-state index contributed by atoms with van der Waals surface area (Å²) in [4.78, 5) is 0. The zero-order chi connectivity index (χ0) is 13.2. The second-order valence-corrected chi connectivity index (χ2v) is 6.38. The Morgan fingerprint density at radius 3 is 3.05 bits per heavy atom. The number of hydrogen-bond acceptors (Lipinski definition) is 2. The molecule has 3 unspecified atom stereocenters. The lowest BCUT2D eigenvalue weighted by Gasteiger charge is -2.18. The molecule has 1 N–H and O–H groups in total. The van der Waals surface area contributed by atoms with Gasteiger partial charge in [0.25, 0.3) is 0 Å². The third-order valence-electron chi connectivity index (χ3n) is 4.73. The maximum Gasteiger partial charge on any atom is 0.122 e. The molecule has 0 bridgehead atoms. The van der Waals surface area contributed by atoms with Crippen LogP contribution in [0.1, 0.15) is 50.3 Å². The molecule has 1 aromatic rings. The highest BCUT2D eigenvalue weighted by Gasteiger charge is 2.22. The Morgan fingerprint density at radius 1 is 1.37 bits per heavy atom. The molecule has 2 heteroatoms. The predicted octanol–water partition coefficient (Wildman–Crippen LogP) is 3.71. The second kappa shape index (κ2) is 5.54. The molecular weight excluding hydrogens is 234 g/mol. The summed E-state index contributed by atoms with van der Waals surface area (Å²) in [5, 5.41) is 3.71. The average Bonchev–Trinajstić information content (AvgIpc) is 3.03. The molecule has 104 valence electrons. The monoisotopic (exact) mass is 259 g/mol. The number of benzene rings is 1. The van der Waals surface area contributed by atoms with Gasteiger partial charge < -0.3 is 10.1 Å². The summed E-state index contributed by atoms with van der Waals surface area (Å²) < 4.78 is 5.57. The molecule has 2 nitrogen and oxygen atoms in total. The van der Waals surface area contributed by atoms with Crippen LogP contribution in [0.4, 0.5) is 0 Å². The van der Waals surface area contributed by atoms with Gasteiger partial charge in [0.1, 0.15) is 5.75 Å². The van der Waals surface area contributed by atoms with Crippen LogP contribution in [0.15, 0.2) is 18.2 Å². The maximum absolute atomic E-state index is 5.57. The number of ether oxygens (including phenoxy) is 1. The summed E-state index contributed by atoms with van der Waals surface area (Å²) in [5.74, 6) is 2.90. The third-order valence-corrected chi connectivity index (χ3v) is 4.73. The van der Waals surface area contributed by atoms with Crippen molar-refractivity contribution in [3.8, 4) is 5.75 Å². The first-order chi connectivity index (χ1) is 9.22. The fourth-order valence-corrected chi connectivity index (χ4v) is 3.45. The van der Waals surface area contributed by atoms with Gasteiger partial charge in [0.15, 0.2) is 0 Å². The van der Waals surface area contributed by atoms with Crippen LogP contribution in [-0.4, -0.2) is 13.2 Å². The van der Waals surface area contributed by atoms with Crippen molar-refractivity contribution in [1.82, 2.24) is 5.32 Å². The first-order valence-corrected chi connectivity index (χ1v) is 7.71. The van der Waals surface area contributed by atoms with Crippen LogP contribution in [0.3, 0.4) is 0 Å². The Labute approximate surface area is 116 Å². The van der Waals surface area contributed by atoms with Crippen LogP contribution in [0.25, 0.3) is 0 Å². The Morgan fingerprint density at radius 2 is 2.26 bits per heavy atom. The average molecular weight is 259 g/mol. The Hall–Kier alpha value is -1.02. The van der Waals surface area contributed by atoms with Gasteiger partial charge >= 0.3 is 0 Å². The van der Waals surface area contributed by atoms with Crippen LogP contribution < -0.4 is 10.1 Å². The smallest absolute Gasteiger partial charge is 0.122 e. The van der Waals surface area contributed by atoms with Gasteiger partial charge in [-0.3, -0.25) is 0 Å². The van der Waals surface area contributed by atoms with Gasteiger partial charge in [-0.15, -0.1) is 0 Å². The summed E-state index contributed by atoms with van der Waals surface area (Å²) in [6, 6.07) is 7.10. The SMILES string of the molecule is CC1CCC(CNC(C)c2ccc3c(c2)CCO3)C1. The minimum Gasteiger partial charge on any atom is -0.493 e. The molecule has 2 aliphatic rings. The van der Waals surface area contributed by atoms with E-state index in [2.05, 4.69) is 37.4 Å². The highest BCUT2D eigenvalue weighted by atomic mass is 16.5. The van der Waals surface area contributed by atoms with E-state index in [9.17, 15) is 0 Å². The third kappa shape index (κ3) is 2.94. The molecule has 1 saturated carbocycles. The standard InChI is InChI=1S/C17H25NO/c1-12-3-4-14(9-12)11-18-13(2)15-5-6-17-16(10-15)7-8-19-17/h5-6,10,12-14,18H,3-4,7-9,11H2,1-2H3. The molecule has 1 aliphatic carbocycles. The second-order valence-electron chi connectivity index (χ2n) is 6.38. The Balaban J connectivity index is 1.56. The van der Waals surface area contributed by atoms with Gasteiger partial charge in [-0.2, -0.15) is 0 Å². The van der Waals surface area contributed by atoms with Crippen molar-refractivity contribution in [3.05, 3.63) is 29.3 Å². The first kappa shape index (κ1) is 13.0. The van der Waals surface area contributed by atoms with Crippen molar-refractivity contribution in [1.29, 1.82) is 0 Å². The van der Waals surface area contributed by atoms with E-state index in [4.69, 9.17) is 4.74 Å². The summed E-state index contributed by atoms with van der Waals surface area (Å²) in [6.07, 6.45) is 5.28. The summed E-state index contributed by atoms with van der Waals surface area (Å²) in [5.41, 5.74) is 2.77. The van der Waals surface area contributed by atoms with Gasteiger partial charge in [0.05, 0.1) is 6.61 Å². The van der Waals surface area contributed by atoms with Gasteiger partial charge in [-0.25, -0.2) is 0 Å². The molecule has 19 heavy (non-hydrogen) atoms. The van der Waals surface area contributed by atoms with Crippen LogP contribution in [0, 0.1) is 11.8 Å². The normalized spacial score (nSPS) is 27.1. The van der Waals surface area contributed by atoms with Crippen LogP contribution >= 0.6 is 0 Å². The van der Waals surface area contributed by atoms with E-state index in [0.29, 0.717) is 6.04 Å². The number of hydrogen-bond donors (Lipinski definition) is 1. The van der Waals surface area contributed by atoms with Crippen molar-refractivity contribution >= 4 is 0 Å². The molecule has 1 fully saturated rings. The molecule has 3 atom stereocenters. The minimum atomic E-state index is 0.446. The van der Waals surface area contributed by atoms with Crippen molar-refractivity contribution in [2.24, 2.45) is 11.8 Å². The van der Waals surface area contributed by atoms with E-state index >= 15 is 0 Å². The van der Waals surface area contributed by atoms with Crippen molar-refractivity contribution < 1.29 is 4.74 Å². The Kier molecular flexibility index (Phi) is 3.79. The zero-order valence-electron chi connectivity index (χ0n) is 12.1. The molecule has 0 radical (unpaired) electrons. The van der Waals surface area contributed by atoms with Crippen molar-refractivity contribution in [2.45, 2.75) is 45.6 Å². The summed E-state index contributed by atoms with van der Waals surface area (Å²) in [7, 11) is 0. The fourth-order valence-electron chi connectivity index (χ4n) is 3.45. The lowest BCUT2D eigenvalue weighted by Crippen LogP contribution is -2.24. The molecule has 0 saturated heterocycles. The highest BCUT2D eigenvalue weighted by molar-refractivity contribution is 5.40. The predicted molar refractivity (Wildman–Crippen MR) is 78.6 cm³/mol. The zero-order valence-corrected chi connectivity index (χ0v) is 12.1. The van der Waals surface area contributed by atoms with Gasteiger partial charge in [0.2, 0.25) is 0 Å². The number of fused-ring (bicyclic) bond motifs is 1. The molecule has 0 aromatic heterocycles. The van der Waals surface area contributed by atoms with Crippen molar-refractivity contribution in [2.75, 3.05) is 13.2 Å². The van der Waals surface area contributed by atoms with E-state index < -0.39 is 0 Å². The Bertz CT molecular complexity index is 443. The largest absolute Gasteiger partial charge is 0.493 e.